The number of fused-ring (bicyclic) bond motifs is 7. The van der Waals surface area contributed by atoms with Crippen LogP contribution in [0.15, 0.2) is 0 Å². The molecule has 0 saturated heterocycles. The van der Waals surface area contributed by atoms with E-state index in [0.717, 1.165) is 24.2 Å². The molecule has 0 heterocycles. The maximum Gasteiger partial charge on any atom is 0.0571 e. The van der Waals surface area contributed by atoms with Crippen LogP contribution < -0.4 is 0 Å². The van der Waals surface area contributed by atoms with Gasteiger partial charge in [0.05, 0.1) is 6.10 Å². The fraction of sp³-hybridized carbons (Fsp3) is 1.00. The molecule has 1 N–H and O–H groups in total. The van der Waals surface area contributed by atoms with Crippen LogP contribution in [0.1, 0.15) is 126 Å². The van der Waals surface area contributed by atoms with Gasteiger partial charge < -0.3 is 5.11 Å². The molecular weight excluding hydrogens is 376 g/mol. The summed E-state index contributed by atoms with van der Waals surface area (Å²) in [6.07, 6.45) is 15.1. The highest BCUT2D eigenvalue weighted by atomic mass is 16.3. The van der Waals surface area contributed by atoms with Crippen LogP contribution in [0.5, 0.6) is 0 Å². The number of aliphatic hydroxyl groups is 1. The lowest BCUT2D eigenvalue weighted by atomic mass is 9.30. The van der Waals surface area contributed by atoms with Gasteiger partial charge >= 0.3 is 0 Å². The van der Waals surface area contributed by atoms with E-state index < -0.39 is 0 Å². The van der Waals surface area contributed by atoms with Crippen molar-refractivity contribution in [2.24, 2.45) is 56.2 Å². The van der Waals surface area contributed by atoms with E-state index in [-0.39, 0.29) is 6.10 Å². The van der Waals surface area contributed by atoms with Crippen LogP contribution in [-0.4, -0.2) is 11.2 Å². The van der Waals surface area contributed by atoms with E-state index in [1.54, 1.807) is 0 Å². The molecule has 1 heteroatoms. The van der Waals surface area contributed by atoms with E-state index in [9.17, 15) is 5.11 Å². The van der Waals surface area contributed by atoms with Crippen molar-refractivity contribution < 1.29 is 5.11 Å². The van der Waals surface area contributed by atoms with Gasteiger partial charge in [-0.3, -0.25) is 0 Å². The van der Waals surface area contributed by atoms with E-state index in [1.807, 2.05) is 0 Å². The summed E-state index contributed by atoms with van der Waals surface area (Å²) in [5, 5.41) is 10.7. The number of hydrogen-bond donors (Lipinski definition) is 1. The molecule has 5 fully saturated rings. The quantitative estimate of drug-likeness (QED) is 0.412. The van der Waals surface area contributed by atoms with E-state index in [4.69, 9.17) is 0 Å². The Bertz CT molecular complexity index is 741. The van der Waals surface area contributed by atoms with Crippen molar-refractivity contribution in [3.8, 4) is 0 Å². The highest BCUT2D eigenvalue weighted by Crippen LogP contribution is 2.78. The molecule has 1 nitrogen and oxygen atoms in total. The molecule has 0 amide bonds. The summed E-state index contributed by atoms with van der Waals surface area (Å²) < 4.78 is 0. The summed E-state index contributed by atoms with van der Waals surface area (Å²) in [6, 6.07) is 0. The third-order valence-corrected chi connectivity index (χ3v) is 13.9. The number of rotatable bonds is 0. The SMILES string of the molecule is C[C@@H]1[C@H](O)CC[C@@H]2[C@]1(C)CC[C@@H]1[C@]2(C)CC[C@]2(C)[C@@H]3CC(C)(C)CC[C@]3(C)CC[C@]12C. The third kappa shape index (κ3) is 2.77. The van der Waals surface area contributed by atoms with Gasteiger partial charge in [-0.1, -0.05) is 55.4 Å². The summed E-state index contributed by atoms with van der Waals surface area (Å²) in [7, 11) is 0. The highest BCUT2D eigenvalue weighted by molar-refractivity contribution is 5.19. The third-order valence-electron chi connectivity index (χ3n) is 13.9. The van der Waals surface area contributed by atoms with Gasteiger partial charge in [-0.05, 0) is 127 Å². The van der Waals surface area contributed by atoms with Crippen LogP contribution in [0.2, 0.25) is 0 Å². The van der Waals surface area contributed by atoms with Crippen LogP contribution >= 0.6 is 0 Å². The normalized spacial score (nSPS) is 60.9. The van der Waals surface area contributed by atoms with Crippen molar-refractivity contribution in [3.05, 3.63) is 0 Å². The Morgan fingerprint density at radius 1 is 0.581 bits per heavy atom. The minimum atomic E-state index is -0.0781. The van der Waals surface area contributed by atoms with Crippen molar-refractivity contribution in [2.75, 3.05) is 0 Å². The molecule has 0 bridgehead atoms. The van der Waals surface area contributed by atoms with E-state index >= 15 is 0 Å². The Balaban J connectivity index is 1.54. The summed E-state index contributed by atoms with van der Waals surface area (Å²) in [5.41, 5.74) is 2.88. The summed E-state index contributed by atoms with van der Waals surface area (Å²) in [6.45, 7) is 20.9. The summed E-state index contributed by atoms with van der Waals surface area (Å²) in [4.78, 5) is 0. The fourth-order valence-corrected chi connectivity index (χ4v) is 11.4. The minimum absolute atomic E-state index is 0.0781. The van der Waals surface area contributed by atoms with Crippen molar-refractivity contribution >= 4 is 0 Å². The predicted molar refractivity (Wildman–Crippen MR) is 131 cm³/mol. The maximum atomic E-state index is 10.7. The molecular formula is C30H52O. The van der Waals surface area contributed by atoms with E-state index in [0.29, 0.717) is 38.4 Å². The zero-order valence-corrected chi connectivity index (χ0v) is 22.1. The standard InChI is InChI=1S/C30H52O/c1-20-21(31)9-10-22-27(20,5)12-11-23-28(22,6)16-18-30(8)24-19-25(2,3)13-14-26(24,4)15-17-29(23,30)7/h20-24,31H,9-19H2,1-8H3/t20-,21-,22-,23-,24-,26-,27-,28-,29-,30-/m1/s1. The van der Waals surface area contributed by atoms with Crippen LogP contribution in [0.4, 0.5) is 0 Å². The van der Waals surface area contributed by atoms with Gasteiger partial charge in [-0.15, -0.1) is 0 Å². The second-order valence-electron chi connectivity index (χ2n) is 15.5. The molecule has 0 aromatic heterocycles. The predicted octanol–water partition coefficient (Wildman–Crippen LogP) is 8.25. The first-order chi connectivity index (χ1) is 14.2. The molecule has 5 aliphatic carbocycles. The average molecular weight is 429 g/mol. The molecule has 31 heavy (non-hydrogen) atoms. The lowest BCUT2D eigenvalue weighted by molar-refractivity contribution is -0.263. The van der Waals surface area contributed by atoms with Crippen LogP contribution in [0, 0.1) is 56.2 Å². The molecule has 0 unspecified atom stereocenters. The minimum Gasteiger partial charge on any atom is -0.393 e. The van der Waals surface area contributed by atoms with Gasteiger partial charge in [0.2, 0.25) is 0 Å². The molecule has 10 atom stereocenters. The van der Waals surface area contributed by atoms with E-state index in [1.165, 1.54) is 64.2 Å². The maximum absolute atomic E-state index is 10.7. The Morgan fingerprint density at radius 3 is 1.90 bits per heavy atom. The van der Waals surface area contributed by atoms with Gasteiger partial charge in [0.15, 0.2) is 0 Å². The highest BCUT2D eigenvalue weighted by Gasteiger charge is 2.70. The average Bonchev–Trinajstić information content (AvgIpc) is 2.69. The Hall–Kier alpha value is -0.0400. The molecule has 5 saturated carbocycles. The molecule has 0 aliphatic heterocycles. The van der Waals surface area contributed by atoms with Gasteiger partial charge in [0.25, 0.3) is 0 Å². The van der Waals surface area contributed by atoms with Crippen molar-refractivity contribution in [3.63, 3.8) is 0 Å². The first-order valence-electron chi connectivity index (χ1n) is 13.9. The monoisotopic (exact) mass is 428 g/mol. The summed E-state index contributed by atoms with van der Waals surface area (Å²) >= 11 is 0. The smallest absolute Gasteiger partial charge is 0.0571 e. The molecule has 0 spiro atoms. The molecule has 178 valence electrons. The van der Waals surface area contributed by atoms with Crippen molar-refractivity contribution in [1.29, 1.82) is 0 Å². The lowest BCUT2D eigenvalue weighted by Gasteiger charge is -2.75. The van der Waals surface area contributed by atoms with Crippen molar-refractivity contribution in [1.82, 2.24) is 0 Å². The first-order valence-corrected chi connectivity index (χ1v) is 13.9. The molecule has 0 radical (unpaired) electrons. The Kier molecular flexibility index (Phi) is 4.80. The van der Waals surface area contributed by atoms with Crippen LogP contribution in [0.3, 0.4) is 0 Å². The number of aliphatic hydroxyl groups excluding tert-OH is 1. The van der Waals surface area contributed by atoms with Crippen molar-refractivity contribution in [2.45, 2.75) is 132 Å². The van der Waals surface area contributed by atoms with Gasteiger partial charge in [0, 0.05) is 0 Å². The lowest BCUT2D eigenvalue weighted by Crippen LogP contribution is -2.67. The number of hydrogen-bond acceptors (Lipinski definition) is 1. The first kappa shape index (κ1) is 22.7. The zero-order valence-electron chi connectivity index (χ0n) is 22.1. The largest absolute Gasteiger partial charge is 0.393 e. The summed E-state index contributed by atoms with van der Waals surface area (Å²) in [5.74, 6) is 3.02. The zero-order chi connectivity index (χ0) is 22.7. The Labute approximate surface area is 193 Å². The Morgan fingerprint density at radius 2 is 1.19 bits per heavy atom. The second kappa shape index (κ2) is 6.55. The van der Waals surface area contributed by atoms with Gasteiger partial charge in [-0.2, -0.15) is 0 Å². The van der Waals surface area contributed by atoms with Gasteiger partial charge in [0.1, 0.15) is 0 Å². The molecule has 5 rings (SSSR count). The van der Waals surface area contributed by atoms with Gasteiger partial charge in [-0.25, -0.2) is 0 Å². The topological polar surface area (TPSA) is 20.2 Å². The second-order valence-corrected chi connectivity index (χ2v) is 15.5. The molecule has 0 aromatic carbocycles. The van der Waals surface area contributed by atoms with E-state index in [2.05, 4.69) is 55.4 Å². The molecule has 0 aromatic rings. The van der Waals surface area contributed by atoms with Crippen LogP contribution in [-0.2, 0) is 0 Å². The van der Waals surface area contributed by atoms with Crippen LogP contribution in [0.25, 0.3) is 0 Å². The fourth-order valence-electron chi connectivity index (χ4n) is 11.4. The molecule has 5 aliphatic rings.